The summed E-state index contributed by atoms with van der Waals surface area (Å²) in [6.45, 7) is 9.75. The lowest BCUT2D eigenvalue weighted by Crippen LogP contribution is -2.38. The first-order valence-corrected chi connectivity index (χ1v) is 8.77. The number of halogens is 4. The van der Waals surface area contributed by atoms with Crippen molar-refractivity contribution in [3.8, 4) is 0 Å². The van der Waals surface area contributed by atoms with Crippen LogP contribution in [-0.4, -0.2) is 43.2 Å². The lowest BCUT2D eigenvalue weighted by molar-refractivity contribution is -0.132. The van der Waals surface area contributed by atoms with Crippen LogP contribution in [-0.2, 0) is 13.1 Å². The standard InChI is InChI=1S/C18H29F3N4.HI/c1-4-22-17(23-12-11-18(19,20)21)24-13-15-9-7-8-10-16(15)14-25(5-2)6-3;/h7-10H,4-6,11-14H2,1-3H3,(H2,22,23,24);1H. The molecule has 26 heavy (non-hydrogen) atoms. The summed E-state index contributed by atoms with van der Waals surface area (Å²) in [6.07, 6.45) is -5.04. The molecule has 0 saturated carbocycles. The number of alkyl halides is 3. The summed E-state index contributed by atoms with van der Waals surface area (Å²) in [6, 6.07) is 8.05. The quantitative estimate of drug-likeness (QED) is 0.313. The van der Waals surface area contributed by atoms with Crippen molar-refractivity contribution < 1.29 is 13.2 Å². The molecule has 0 radical (unpaired) electrons. The minimum absolute atomic E-state index is 0. The minimum atomic E-state index is -4.17. The highest BCUT2D eigenvalue weighted by molar-refractivity contribution is 14.0. The lowest BCUT2D eigenvalue weighted by Gasteiger charge is -2.20. The summed E-state index contributed by atoms with van der Waals surface area (Å²) in [4.78, 5) is 6.75. The topological polar surface area (TPSA) is 39.7 Å². The molecule has 0 aliphatic heterocycles. The van der Waals surface area contributed by atoms with E-state index in [1.165, 1.54) is 5.56 Å². The summed E-state index contributed by atoms with van der Waals surface area (Å²) in [5, 5.41) is 5.72. The molecule has 0 atom stereocenters. The monoisotopic (exact) mass is 486 g/mol. The first-order valence-electron chi connectivity index (χ1n) is 8.77. The van der Waals surface area contributed by atoms with Crippen molar-refractivity contribution >= 4 is 29.9 Å². The van der Waals surface area contributed by atoms with Crippen molar-refractivity contribution in [3.63, 3.8) is 0 Å². The molecule has 0 aromatic heterocycles. The van der Waals surface area contributed by atoms with Crippen LogP contribution >= 0.6 is 24.0 Å². The van der Waals surface area contributed by atoms with E-state index in [9.17, 15) is 13.2 Å². The molecule has 8 heteroatoms. The molecule has 0 unspecified atom stereocenters. The SMILES string of the molecule is CCNC(=NCc1ccccc1CN(CC)CC)NCCC(F)(F)F.I. The lowest BCUT2D eigenvalue weighted by atomic mass is 10.1. The van der Waals surface area contributed by atoms with Crippen LogP contribution in [0.15, 0.2) is 29.3 Å². The van der Waals surface area contributed by atoms with Gasteiger partial charge in [0.15, 0.2) is 5.96 Å². The highest BCUT2D eigenvalue weighted by Gasteiger charge is 2.26. The molecular weight excluding hydrogens is 456 g/mol. The molecule has 0 saturated heterocycles. The Morgan fingerprint density at radius 3 is 2.19 bits per heavy atom. The zero-order valence-corrected chi connectivity index (χ0v) is 18.0. The van der Waals surface area contributed by atoms with E-state index >= 15 is 0 Å². The Balaban J connectivity index is 0.00000625. The predicted octanol–water partition coefficient (Wildman–Crippen LogP) is 4.15. The number of rotatable bonds is 9. The molecule has 150 valence electrons. The van der Waals surface area contributed by atoms with E-state index in [0.29, 0.717) is 19.0 Å². The molecule has 0 aliphatic rings. The minimum Gasteiger partial charge on any atom is -0.357 e. The van der Waals surface area contributed by atoms with Crippen molar-refractivity contribution in [3.05, 3.63) is 35.4 Å². The van der Waals surface area contributed by atoms with E-state index < -0.39 is 12.6 Å². The van der Waals surface area contributed by atoms with Gasteiger partial charge in [0.25, 0.3) is 0 Å². The van der Waals surface area contributed by atoms with E-state index in [-0.39, 0.29) is 30.5 Å². The third-order valence-electron chi connectivity index (χ3n) is 3.86. The summed E-state index contributed by atoms with van der Waals surface area (Å²) in [5.41, 5.74) is 2.28. The van der Waals surface area contributed by atoms with Gasteiger partial charge in [0.05, 0.1) is 13.0 Å². The zero-order valence-electron chi connectivity index (χ0n) is 15.7. The average Bonchev–Trinajstić information content (AvgIpc) is 2.57. The second kappa shape index (κ2) is 13.2. The smallest absolute Gasteiger partial charge is 0.357 e. The van der Waals surface area contributed by atoms with E-state index in [0.717, 1.165) is 25.2 Å². The number of aliphatic imine (C=N–C) groups is 1. The third-order valence-corrected chi connectivity index (χ3v) is 3.86. The molecule has 0 spiro atoms. The Hall–Kier alpha value is -1.03. The van der Waals surface area contributed by atoms with Crippen LogP contribution in [0.25, 0.3) is 0 Å². The highest BCUT2D eigenvalue weighted by atomic mass is 127. The summed E-state index contributed by atoms with van der Waals surface area (Å²) < 4.78 is 36.8. The number of benzene rings is 1. The van der Waals surface area contributed by atoms with Crippen LogP contribution in [0.4, 0.5) is 13.2 Å². The second-order valence-electron chi connectivity index (χ2n) is 5.72. The van der Waals surface area contributed by atoms with Crippen molar-refractivity contribution in [2.45, 2.75) is 46.5 Å². The van der Waals surface area contributed by atoms with Crippen molar-refractivity contribution in [2.24, 2.45) is 4.99 Å². The van der Waals surface area contributed by atoms with Crippen molar-refractivity contribution in [1.29, 1.82) is 0 Å². The maximum atomic E-state index is 12.3. The van der Waals surface area contributed by atoms with Gasteiger partial charge in [-0.05, 0) is 31.1 Å². The molecule has 0 fully saturated rings. The fourth-order valence-electron chi connectivity index (χ4n) is 2.38. The third kappa shape index (κ3) is 10.2. The van der Waals surface area contributed by atoms with Gasteiger partial charge in [-0.1, -0.05) is 38.1 Å². The molecule has 1 aromatic carbocycles. The molecule has 1 rings (SSSR count). The number of hydrogen-bond acceptors (Lipinski definition) is 2. The molecule has 1 aromatic rings. The van der Waals surface area contributed by atoms with Gasteiger partial charge in [-0.3, -0.25) is 4.90 Å². The van der Waals surface area contributed by atoms with Crippen LogP contribution in [0, 0.1) is 0 Å². The van der Waals surface area contributed by atoms with Gasteiger partial charge in [0, 0.05) is 19.6 Å². The van der Waals surface area contributed by atoms with Crippen LogP contribution in [0.2, 0.25) is 0 Å². The second-order valence-corrected chi connectivity index (χ2v) is 5.72. The normalized spacial score (nSPS) is 12.0. The molecular formula is C18H30F3IN4. The van der Waals surface area contributed by atoms with Crippen molar-refractivity contribution in [1.82, 2.24) is 15.5 Å². The number of guanidine groups is 1. The highest BCUT2D eigenvalue weighted by Crippen LogP contribution is 2.18. The van der Waals surface area contributed by atoms with Crippen LogP contribution in [0.3, 0.4) is 0 Å². The first-order chi connectivity index (χ1) is 11.9. The molecule has 0 bridgehead atoms. The summed E-state index contributed by atoms with van der Waals surface area (Å²) >= 11 is 0. The van der Waals surface area contributed by atoms with E-state index in [1.807, 2.05) is 25.1 Å². The van der Waals surface area contributed by atoms with Crippen molar-refractivity contribution in [2.75, 3.05) is 26.2 Å². The molecule has 4 nitrogen and oxygen atoms in total. The maximum absolute atomic E-state index is 12.3. The van der Waals surface area contributed by atoms with Crippen LogP contribution in [0.5, 0.6) is 0 Å². The van der Waals surface area contributed by atoms with Crippen LogP contribution in [0.1, 0.15) is 38.3 Å². The van der Waals surface area contributed by atoms with Gasteiger partial charge in [0.1, 0.15) is 0 Å². The molecule has 0 amide bonds. The van der Waals surface area contributed by atoms with Gasteiger partial charge >= 0.3 is 6.18 Å². The first kappa shape index (κ1) is 25.0. The summed E-state index contributed by atoms with van der Waals surface area (Å²) in [5.74, 6) is 0.407. The maximum Gasteiger partial charge on any atom is 0.390 e. The largest absolute Gasteiger partial charge is 0.390 e. The van der Waals surface area contributed by atoms with Gasteiger partial charge in [-0.2, -0.15) is 13.2 Å². The van der Waals surface area contributed by atoms with Gasteiger partial charge in [-0.25, -0.2) is 4.99 Å². The number of hydrogen-bond donors (Lipinski definition) is 2. The molecule has 0 aliphatic carbocycles. The van der Waals surface area contributed by atoms with E-state index in [1.54, 1.807) is 0 Å². The Bertz CT molecular complexity index is 531. The molecule has 2 N–H and O–H groups in total. The average molecular weight is 486 g/mol. The fourth-order valence-corrected chi connectivity index (χ4v) is 2.38. The predicted molar refractivity (Wildman–Crippen MR) is 112 cm³/mol. The van der Waals surface area contributed by atoms with Crippen LogP contribution < -0.4 is 10.6 Å². The Kier molecular flexibility index (Phi) is 12.7. The number of nitrogens with one attached hydrogen (secondary N) is 2. The molecule has 0 heterocycles. The van der Waals surface area contributed by atoms with Gasteiger partial charge in [0.2, 0.25) is 0 Å². The van der Waals surface area contributed by atoms with E-state index in [4.69, 9.17) is 0 Å². The van der Waals surface area contributed by atoms with E-state index in [2.05, 4.69) is 40.4 Å². The summed E-state index contributed by atoms with van der Waals surface area (Å²) in [7, 11) is 0. The number of nitrogens with zero attached hydrogens (tertiary/aromatic N) is 2. The van der Waals surface area contributed by atoms with Gasteiger partial charge in [-0.15, -0.1) is 24.0 Å². The fraction of sp³-hybridized carbons (Fsp3) is 0.611. The Labute approximate surface area is 171 Å². The Morgan fingerprint density at radius 1 is 1.04 bits per heavy atom. The van der Waals surface area contributed by atoms with Gasteiger partial charge < -0.3 is 10.6 Å². The zero-order chi connectivity index (χ0) is 18.7. The Morgan fingerprint density at radius 2 is 1.65 bits per heavy atom.